The summed E-state index contributed by atoms with van der Waals surface area (Å²) in [5.74, 6) is 3.72. The molecule has 0 aliphatic carbocycles. The van der Waals surface area contributed by atoms with Gasteiger partial charge in [0.15, 0.2) is 11.6 Å². The van der Waals surface area contributed by atoms with Crippen molar-refractivity contribution in [1.29, 1.82) is 0 Å². The van der Waals surface area contributed by atoms with Crippen LogP contribution in [-0.4, -0.2) is 9.78 Å². The molecule has 102 valence electrons. The van der Waals surface area contributed by atoms with Crippen molar-refractivity contribution >= 4 is 0 Å². The fourth-order valence-corrected chi connectivity index (χ4v) is 2.06. The Hall–Kier alpha value is -1.79. The van der Waals surface area contributed by atoms with E-state index in [2.05, 4.69) is 10.5 Å². The molecule has 0 saturated heterocycles. The third-order valence-corrected chi connectivity index (χ3v) is 2.94. The van der Waals surface area contributed by atoms with Gasteiger partial charge in [0.25, 0.3) is 0 Å². The van der Waals surface area contributed by atoms with Crippen LogP contribution in [0.25, 0.3) is 0 Å². The molecule has 0 aliphatic heterocycles. The molecule has 0 bridgehead atoms. The summed E-state index contributed by atoms with van der Waals surface area (Å²) in [6.07, 6.45) is 2.50. The SMILES string of the molecule is CCCn1nccc1C(NN)c1cccc(F)c1F. The number of nitrogens with zero attached hydrogens (tertiary/aromatic N) is 2. The number of nitrogens with one attached hydrogen (secondary N) is 1. The Balaban J connectivity index is 2.44. The average Bonchev–Trinajstić information content (AvgIpc) is 2.84. The van der Waals surface area contributed by atoms with Crippen LogP contribution in [0.1, 0.15) is 30.6 Å². The molecular formula is C13H16F2N4. The van der Waals surface area contributed by atoms with Crippen LogP contribution in [0, 0.1) is 11.6 Å². The van der Waals surface area contributed by atoms with Crippen molar-refractivity contribution in [2.75, 3.05) is 0 Å². The molecule has 0 aliphatic rings. The number of aryl methyl sites for hydroxylation is 1. The Morgan fingerprint density at radius 1 is 1.37 bits per heavy atom. The fourth-order valence-electron chi connectivity index (χ4n) is 2.06. The first kappa shape index (κ1) is 13.6. The summed E-state index contributed by atoms with van der Waals surface area (Å²) in [5, 5.41) is 4.16. The lowest BCUT2D eigenvalue weighted by molar-refractivity contribution is 0.467. The van der Waals surface area contributed by atoms with Crippen LogP contribution in [0.3, 0.4) is 0 Å². The van der Waals surface area contributed by atoms with E-state index in [0.717, 1.165) is 12.5 Å². The van der Waals surface area contributed by atoms with Gasteiger partial charge in [-0.05, 0) is 18.6 Å². The largest absolute Gasteiger partial charge is 0.271 e. The highest BCUT2D eigenvalue weighted by molar-refractivity contribution is 5.29. The van der Waals surface area contributed by atoms with Gasteiger partial charge in [0.1, 0.15) is 0 Å². The molecule has 1 atom stereocenters. The van der Waals surface area contributed by atoms with Crippen molar-refractivity contribution in [2.45, 2.75) is 25.9 Å². The molecule has 1 unspecified atom stereocenters. The van der Waals surface area contributed by atoms with Crippen molar-refractivity contribution in [3.8, 4) is 0 Å². The van der Waals surface area contributed by atoms with Crippen molar-refractivity contribution < 1.29 is 8.78 Å². The summed E-state index contributed by atoms with van der Waals surface area (Å²) in [6.45, 7) is 2.70. The smallest absolute Gasteiger partial charge is 0.164 e. The number of aromatic nitrogens is 2. The van der Waals surface area contributed by atoms with Gasteiger partial charge in [0.05, 0.1) is 11.7 Å². The zero-order valence-corrected chi connectivity index (χ0v) is 10.6. The van der Waals surface area contributed by atoms with Gasteiger partial charge in [0, 0.05) is 18.3 Å². The van der Waals surface area contributed by atoms with Crippen LogP contribution in [-0.2, 0) is 6.54 Å². The lowest BCUT2D eigenvalue weighted by atomic mass is 10.0. The highest BCUT2D eigenvalue weighted by atomic mass is 19.2. The normalized spacial score (nSPS) is 12.6. The Kier molecular flexibility index (Phi) is 4.24. The third-order valence-electron chi connectivity index (χ3n) is 2.94. The van der Waals surface area contributed by atoms with Crippen molar-refractivity contribution in [3.63, 3.8) is 0 Å². The van der Waals surface area contributed by atoms with E-state index in [-0.39, 0.29) is 5.56 Å². The number of hydrogen-bond acceptors (Lipinski definition) is 3. The second-order valence-electron chi connectivity index (χ2n) is 4.22. The van der Waals surface area contributed by atoms with Crippen LogP contribution in [0.4, 0.5) is 8.78 Å². The maximum absolute atomic E-state index is 13.8. The first-order valence-corrected chi connectivity index (χ1v) is 6.10. The molecule has 2 rings (SSSR count). The first-order chi connectivity index (χ1) is 9.19. The van der Waals surface area contributed by atoms with Crippen molar-refractivity contribution in [3.05, 3.63) is 53.4 Å². The predicted octanol–water partition coefficient (Wildman–Crippen LogP) is 2.12. The predicted molar refractivity (Wildman–Crippen MR) is 68.0 cm³/mol. The van der Waals surface area contributed by atoms with Gasteiger partial charge in [0.2, 0.25) is 0 Å². The molecule has 0 radical (unpaired) electrons. The third kappa shape index (κ3) is 2.64. The number of halogens is 2. The first-order valence-electron chi connectivity index (χ1n) is 6.10. The van der Waals surface area contributed by atoms with Gasteiger partial charge in [-0.25, -0.2) is 14.2 Å². The molecule has 19 heavy (non-hydrogen) atoms. The second-order valence-corrected chi connectivity index (χ2v) is 4.22. The number of benzene rings is 1. The van der Waals surface area contributed by atoms with E-state index >= 15 is 0 Å². The van der Waals surface area contributed by atoms with Crippen molar-refractivity contribution in [1.82, 2.24) is 15.2 Å². The van der Waals surface area contributed by atoms with Gasteiger partial charge >= 0.3 is 0 Å². The molecule has 0 amide bonds. The zero-order chi connectivity index (χ0) is 13.8. The van der Waals surface area contributed by atoms with Crippen LogP contribution in [0.15, 0.2) is 30.5 Å². The molecule has 3 N–H and O–H groups in total. The Bertz CT molecular complexity index is 553. The zero-order valence-electron chi connectivity index (χ0n) is 10.6. The maximum atomic E-state index is 13.8. The molecule has 1 aromatic carbocycles. The maximum Gasteiger partial charge on any atom is 0.164 e. The van der Waals surface area contributed by atoms with E-state index < -0.39 is 17.7 Å². The molecule has 1 heterocycles. The van der Waals surface area contributed by atoms with Crippen LogP contribution >= 0.6 is 0 Å². The minimum atomic E-state index is -0.894. The molecular weight excluding hydrogens is 250 g/mol. The summed E-state index contributed by atoms with van der Waals surface area (Å²) in [5.41, 5.74) is 3.39. The van der Waals surface area contributed by atoms with Gasteiger partial charge in [-0.2, -0.15) is 5.10 Å². The fraction of sp³-hybridized carbons (Fsp3) is 0.308. The van der Waals surface area contributed by atoms with Crippen molar-refractivity contribution in [2.24, 2.45) is 5.84 Å². The molecule has 0 spiro atoms. The molecule has 6 heteroatoms. The molecule has 1 aromatic heterocycles. The number of nitrogens with two attached hydrogens (primary N) is 1. The van der Waals surface area contributed by atoms with Gasteiger partial charge < -0.3 is 0 Å². The van der Waals surface area contributed by atoms with Crippen LogP contribution in [0.5, 0.6) is 0 Å². The van der Waals surface area contributed by atoms with E-state index in [9.17, 15) is 8.78 Å². The highest BCUT2D eigenvalue weighted by Gasteiger charge is 2.21. The summed E-state index contributed by atoms with van der Waals surface area (Å²) in [4.78, 5) is 0. The van der Waals surface area contributed by atoms with Gasteiger partial charge in [-0.3, -0.25) is 10.5 Å². The quantitative estimate of drug-likeness (QED) is 0.644. The summed E-state index contributed by atoms with van der Waals surface area (Å²) in [6, 6.07) is 5.15. The average molecular weight is 266 g/mol. The van der Waals surface area contributed by atoms with E-state index in [1.165, 1.54) is 12.1 Å². The Labute approximate surface area is 110 Å². The van der Waals surface area contributed by atoms with E-state index in [1.807, 2.05) is 6.92 Å². The standard InChI is InChI=1S/C13H16F2N4/c1-2-8-19-11(6-7-17-19)13(18-16)9-4-3-5-10(14)12(9)15/h3-7,13,18H,2,8,16H2,1H3. The van der Waals surface area contributed by atoms with Crippen LogP contribution < -0.4 is 11.3 Å². The second kappa shape index (κ2) is 5.90. The lowest BCUT2D eigenvalue weighted by Gasteiger charge is -2.18. The number of hydrazine groups is 1. The van der Waals surface area contributed by atoms with Gasteiger partial charge in [-0.1, -0.05) is 19.1 Å². The highest BCUT2D eigenvalue weighted by Crippen LogP contribution is 2.25. The molecule has 0 saturated carbocycles. The molecule has 0 fully saturated rings. The summed E-state index contributed by atoms with van der Waals surface area (Å²) >= 11 is 0. The lowest BCUT2D eigenvalue weighted by Crippen LogP contribution is -2.31. The topological polar surface area (TPSA) is 55.9 Å². The van der Waals surface area contributed by atoms with E-state index in [1.54, 1.807) is 16.9 Å². The van der Waals surface area contributed by atoms with E-state index in [4.69, 9.17) is 5.84 Å². The summed E-state index contributed by atoms with van der Waals surface area (Å²) < 4.78 is 28.9. The number of hydrogen-bond donors (Lipinski definition) is 2. The summed E-state index contributed by atoms with van der Waals surface area (Å²) in [7, 11) is 0. The van der Waals surface area contributed by atoms with E-state index in [0.29, 0.717) is 12.2 Å². The Morgan fingerprint density at radius 3 is 2.84 bits per heavy atom. The minimum Gasteiger partial charge on any atom is -0.271 e. The van der Waals surface area contributed by atoms with Gasteiger partial charge in [-0.15, -0.1) is 0 Å². The van der Waals surface area contributed by atoms with Crippen LogP contribution in [0.2, 0.25) is 0 Å². The molecule has 4 nitrogen and oxygen atoms in total. The monoisotopic (exact) mass is 266 g/mol. The minimum absolute atomic E-state index is 0.167. The molecule has 2 aromatic rings. The number of rotatable bonds is 5. The Morgan fingerprint density at radius 2 is 2.16 bits per heavy atom.